The van der Waals surface area contributed by atoms with E-state index in [-0.39, 0.29) is 6.42 Å². The Balaban J connectivity index is 2.63. The van der Waals surface area contributed by atoms with Gasteiger partial charge in [0.15, 0.2) is 0 Å². The largest absolute Gasteiger partial charge is 0.469 e. The van der Waals surface area contributed by atoms with Gasteiger partial charge in [0.25, 0.3) is 0 Å². The van der Waals surface area contributed by atoms with Gasteiger partial charge in [0.2, 0.25) is 0 Å². The van der Waals surface area contributed by atoms with Crippen molar-refractivity contribution in [2.24, 2.45) is 7.05 Å². The fourth-order valence-electron chi connectivity index (χ4n) is 1.03. The van der Waals surface area contributed by atoms with Crippen molar-refractivity contribution in [1.82, 2.24) is 9.55 Å². The molecule has 1 aromatic rings. The van der Waals surface area contributed by atoms with E-state index in [1.54, 1.807) is 24.0 Å². The van der Waals surface area contributed by atoms with Crippen molar-refractivity contribution in [3.8, 4) is 0 Å². The summed E-state index contributed by atoms with van der Waals surface area (Å²) in [5, 5.41) is 9.51. The first-order valence-corrected chi connectivity index (χ1v) is 3.87. The number of carbonyl (C=O) groups excluding carboxylic acids is 1. The lowest BCUT2D eigenvalue weighted by atomic mass is 10.2. The molecule has 1 aromatic heterocycles. The molecule has 5 heteroatoms. The van der Waals surface area contributed by atoms with Gasteiger partial charge in [-0.1, -0.05) is 0 Å². The molecule has 1 heterocycles. The first kappa shape index (κ1) is 9.73. The molecule has 0 unspecified atom stereocenters. The predicted octanol–water partition coefficient (Wildman–Crippen LogP) is 0.0166. The lowest BCUT2D eigenvalue weighted by molar-refractivity contribution is -0.143. The zero-order valence-corrected chi connectivity index (χ0v) is 7.60. The minimum absolute atomic E-state index is 0.0681. The highest BCUT2D eigenvalue weighted by Gasteiger charge is 2.16. The summed E-state index contributed by atoms with van der Waals surface area (Å²) < 4.78 is 6.08. The maximum atomic E-state index is 10.8. The molecule has 1 N–H and O–H groups in total. The Bertz CT molecular complexity index is 295. The molecule has 0 bridgehead atoms. The third kappa shape index (κ3) is 2.29. The molecule has 1 atom stereocenters. The standard InChI is InChI=1S/C8H12N2O3/c1-10-4-3-9-8(10)6(11)5-7(12)13-2/h3-4,6,11H,5H2,1-2H3/t6-/m0/s1. The Morgan fingerprint density at radius 2 is 2.54 bits per heavy atom. The fraction of sp³-hybridized carbons (Fsp3) is 0.500. The maximum absolute atomic E-state index is 10.8. The summed E-state index contributed by atoms with van der Waals surface area (Å²) in [7, 11) is 3.04. The van der Waals surface area contributed by atoms with E-state index in [1.165, 1.54) is 7.11 Å². The van der Waals surface area contributed by atoms with E-state index in [9.17, 15) is 9.90 Å². The molecule has 0 aliphatic rings. The molecule has 0 aliphatic carbocycles. The van der Waals surface area contributed by atoms with Crippen molar-refractivity contribution in [3.63, 3.8) is 0 Å². The van der Waals surface area contributed by atoms with E-state index >= 15 is 0 Å². The van der Waals surface area contributed by atoms with Crippen molar-refractivity contribution < 1.29 is 14.6 Å². The van der Waals surface area contributed by atoms with Crippen LogP contribution in [-0.2, 0) is 16.6 Å². The summed E-state index contributed by atoms with van der Waals surface area (Å²) in [6.45, 7) is 0. The molecule has 13 heavy (non-hydrogen) atoms. The second-order valence-electron chi connectivity index (χ2n) is 2.69. The number of rotatable bonds is 3. The molecule has 0 aromatic carbocycles. The van der Waals surface area contributed by atoms with Gasteiger partial charge in [0.1, 0.15) is 11.9 Å². The molecule has 0 spiro atoms. The van der Waals surface area contributed by atoms with Gasteiger partial charge in [0.05, 0.1) is 13.5 Å². The number of aromatic nitrogens is 2. The number of ether oxygens (including phenoxy) is 1. The average Bonchev–Trinajstić information content (AvgIpc) is 2.51. The van der Waals surface area contributed by atoms with E-state index < -0.39 is 12.1 Å². The van der Waals surface area contributed by atoms with Crippen LogP contribution >= 0.6 is 0 Å². The average molecular weight is 184 g/mol. The van der Waals surface area contributed by atoms with Crippen molar-refractivity contribution in [2.45, 2.75) is 12.5 Å². The van der Waals surface area contributed by atoms with Crippen LogP contribution in [0.5, 0.6) is 0 Å². The second-order valence-corrected chi connectivity index (χ2v) is 2.69. The van der Waals surface area contributed by atoms with Gasteiger partial charge in [-0.3, -0.25) is 4.79 Å². The van der Waals surface area contributed by atoms with Gasteiger partial charge in [0, 0.05) is 19.4 Å². The first-order chi connectivity index (χ1) is 6.15. The van der Waals surface area contributed by atoms with Crippen molar-refractivity contribution in [1.29, 1.82) is 0 Å². The topological polar surface area (TPSA) is 64.3 Å². The van der Waals surface area contributed by atoms with Gasteiger partial charge in [-0.15, -0.1) is 0 Å². The first-order valence-electron chi connectivity index (χ1n) is 3.87. The van der Waals surface area contributed by atoms with Crippen molar-refractivity contribution >= 4 is 5.97 Å². The molecule has 0 aliphatic heterocycles. The lowest BCUT2D eigenvalue weighted by Crippen LogP contribution is -2.11. The molecule has 0 saturated carbocycles. The highest BCUT2D eigenvalue weighted by molar-refractivity contribution is 5.69. The van der Waals surface area contributed by atoms with Crippen LogP contribution in [0.3, 0.4) is 0 Å². The van der Waals surface area contributed by atoms with Gasteiger partial charge < -0.3 is 14.4 Å². The van der Waals surface area contributed by atoms with Gasteiger partial charge >= 0.3 is 5.97 Å². The zero-order chi connectivity index (χ0) is 9.84. The van der Waals surface area contributed by atoms with E-state index in [0.29, 0.717) is 5.82 Å². The number of esters is 1. The summed E-state index contributed by atoms with van der Waals surface area (Å²) in [6, 6.07) is 0. The van der Waals surface area contributed by atoms with Crippen LogP contribution in [0.25, 0.3) is 0 Å². The van der Waals surface area contributed by atoms with E-state index in [1.807, 2.05) is 0 Å². The molecule has 0 radical (unpaired) electrons. The van der Waals surface area contributed by atoms with Crippen LogP contribution in [0.1, 0.15) is 18.3 Å². The van der Waals surface area contributed by atoms with Gasteiger partial charge in [-0.25, -0.2) is 4.98 Å². The van der Waals surface area contributed by atoms with E-state index in [2.05, 4.69) is 9.72 Å². The van der Waals surface area contributed by atoms with Gasteiger partial charge in [-0.05, 0) is 0 Å². The summed E-state index contributed by atoms with van der Waals surface area (Å²) in [6.07, 6.45) is 2.31. The van der Waals surface area contributed by atoms with Crippen LogP contribution in [0, 0.1) is 0 Å². The number of hydrogen-bond donors (Lipinski definition) is 1. The molecular weight excluding hydrogens is 172 g/mol. The molecule has 0 amide bonds. The van der Waals surface area contributed by atoms with Crippen molar-refractivity contribution in [2.75, 3.05) is 7.11 Å². The Hall–Kier alpha value is -1.36. The van der Waals surface area contributed by atoms with E-state index in [4.69, 9.17) is 0 Å². The highest BCUT2D eigenvalue weighted by atomic mass is 16.5. The van der Waals surface area contributed by atoms with Crippen molar-refractivity contribution in [3.05, 3.63) is 18.2 Å². The molecule has 0 fully saturated rings. The molecular formula is C8H12N2O3. The number of imidazole rings is 1. The Morgan fingerprint density at radius 3 is 3.00 bits per heavy atom. The fourth-order valence-corrected chi connectivity index (χ4v) is 1.03. The summed E-state index contributed by atoms with van der Waals surface area (Å²) in [5.41, 5.74) is 0. The molecule has 5 nitrogen and oxygen atoms in total. The number of carbonyl (C=O) groups is 1. The maximum Gasteiger partial charge on any atom is 0.308 e. The number of methoxy groups -OCH3 is 1. The highest BCUT2D eigenvalue weighted by Crippen LogP contribution is 2.13. The number of nitrogens with zero attached hydrogens (tertiary/aromatic N) is 2. The quantitative estimate of drug-likeness (QED) is 0.672. The van der Waals surface area contributed by atoms with E-state index in [0.717, 1.165) is 0 Å². The molecule has 72 valence electrons. The third-order valence-corrected chi connectivity index (χ3v) is 1.74. The third-order valence-electron chi connectivity index (χ3n) is 1.74. The van der Waals surface area contributed by atoms with Crippen LogP contribution in [0.4, 0.5) is 0 Å². The number of aliphatic hydroxyl groups is 1. The lowest BCUT2D eigenvalue weighted by Gasteiger charge is -2.08. The predicted molar refractivity (Wildman–Crippen MR) is 44.8 cm³/mol. The molecule has 0 saturated heterocycles. The summed E-state index contributed by atoms with van der Waals surface area (Å²) in [5.74, 6) is 0.0147. The molecule has 1 rings (SSSR count). The van der Waals surface area contributed by atoms with Gasteiger partial charge in [-0.2, -0.15) is 0 Å². The normalized spacial score (nSPS) is 12.5. The summed E-state index contributed by atoms with van der Waals surface area (Å²) >= 11 is 0. The summed E-state index contributed by atoms with van der Waals surface area (Å²) in [4.78, 5) is 14.7. The minimum Gasteiger partial charge on any atom is -0.469 e. The Labute approximate surface area is 76.0 Å². The van der Waals surface area contributed by atoms with Crippen LogP contribution < -0.4 is 0 Å². The minimum atomic E-state index is -0.896. The van der Waals surface area contributed by atoms with Crippen LogP contribution in [0.2, 0.25) is 0 Å². The zero-order valence-electron chi connectivity index (χ0n) is 7.60. The monoisotopic (exact) mass is 184 g/mol. The smallest absolute Gasteiger partial charge is 0.308 e. The Kier molecular flexibility index (Phi) is 3.02. The van der Waals surface area contributed by atoms with Crippen LogP contribution in [0.15, 0.2) is 12.4 Å². The van der Waals surface area contributed by atoms with Crippen LogP contribution in [-0.4, -0.2) is 27.7 Å². The number of aliphatic hydroxyl groups excluding tert-OH is 1. The number of aryl methyl sites for hydroxylation is 1. The Morgan fingerprint density at radius 1 is 1.85 bits per heavy atom. The second kappa shape index (κ2) is 4.04. The number of hydrogen-bond acceptors (Lipinski definition) is 4. The SMILES string of the molecule is COC(=O)C[C@H](O)c1nccn1C.